The Balaban J connectivity index is 0.000000604. The van der Waals surface area contributed by atoms with Gasteiger partial charge in [-0.2, -0.15) is 26.3 Å². The van der Waals surface area contributed by atoms with Crippen molar-refractivity contribution in [1.82, 2.24) is 4.98 Å². The van der Waals surface area contributed by atoms with E-state index in [1.54, 1.807) is 0 Å². The molecule has 3 rings (SSSR count). The summed E-state index contributed by atoms with van der Waals surface area (Å²) in [6, 6.07) is 8.48. The zero-order valence-electron chi connectivity index (χ0n) is 18.4. The highest BCUT2D eigenvalue weighted by atomic mass is 32.1. The average molecular weight is 550 g/mol. The van der Waals surface area contributed by atoms with Gasteiger partial charge < -0.3 is 26.2 Å². The molecule has 0 saturated carbocycles. The van der Waals surface area contributed by atoms with E-state index >= 15 is 0 Å². The first-order valence-electron chi connectivity index (χ1n) is 9.60. The molecule has 16 heteroatoms. The van der Waals surface area contributed by atoms with Gasteiger partial charge in [0.2, 0.25) is 0 Å². The lowest BCUT2D eigenvalue weighted by Crippen LogP contribution is -2.21. The van der Waals surface area contributed by atoms with E-state index in [0.717, 1.165) is 23.5 Å². The summed E-state index contributed by atoms with van der Waals surface area (Å²) in [6.07, 6.45) is -9.62. The molecule has 37 heavy (non-hydrogen) atoms. The van der Waals surface area contributed by atoms with Crippen LogP contribution in [0.1, 0.15) is 26.4 Å². The lowest BCUT2D eigenvalue weighted by molar-refractivity contribution is -0.192. The number of benzene rings is 2. The smallest absolute Gasteiger partial charge is 0.490 e. The van der Waals surface area contributed by atoms with Crippen molar-refractivity contribution in [2.45, 2.75) is 12.4 Å². The largest absolute Gasteiger partial charge is 0.497 e. The molecule has 0 unspecified atom stereocenters. The van der Waals surface area contributed by atoms with Crippen molar-refractivity contribution < 1.29 is 50.6 Å². The van der Waals surface area contributed by atoms with Crippen LogP contribution in [0, 0.1) is 0 Å². The van der Waals surface area contributed by atoms with Gasteiger partial charge in [-0.25, -0.2) is 9.78 Å². The van der Waals surface area contributed by atoms with Crippen molar-refractivity contribution in [3.05, 3.63) is 64.7 Å². The fourth-order valence-electron chi connectivity index (χ4n) is 2.48. The Labute approximate surface area is 207 Å². The summed E-state index contributed by atoms with van der Waals surface area (Å²) in [5.41, 5.74) is 5.01. The number of nitrogens with two attached hydrogens (primary N) is 1. The van der Waals surface area contributed by atoms with Crippen LogP contribution in [0.25, 0.3) is 0 Å². The predicted molar refractivity (Wildman–Crippen MR) is 121 cm³/mol. The Morgan fingerprint density at radius 3 is 2.11 bits per heavy atom. The number of hydrogen-bond donors (Lipinski definition) is 4. The number of carboxylic acid groups (broad SMARTS) is 1. The van der Waals surface area contributed by atoms with Gasteiger partial charge in [0, 0.05) is 28.4 Å². The topological polar surface area (TPSA) is 144 Å². The van der Waals surface area contributed by atoms with Crippen LogP contribution in [0.15, 0.2) is 47.8 Å². The summed E-state index contributed by atoms with van der Waals surface area (Å²) in [4.78, 5) is 37.6. The first kappa shape index (κ1) is 28.9. The van der Waals surface area contributed by atoms with Gasteiger partial charge in [0.1, 0.15) is 11.4 Å². The summed E-state index contributed by atoms with van der Waals surface area (Å²) in [5, 5.41) is 13.8. The van der Waals surface area contributed by atoms with E-state index in [2.05, 4.69) is 15.6 Å². The van der Waals surface area contributed by atoms with E-state index in [1.165, 1.54) is 42.8 Å². The number of alkyl halides is 6. The molecule has 3 aromatic rings. The van der Waals surface area contributed by atoms with Crippen LogP contribution in [-0.4, -0.2) is 41.2 Å². The molecule has 0 spiro atoms. The second-order valence-electron chi connectivity index (χ2n) is 6.81. The van der Waals surface area contributed by atoms with Gasteiger partial charge in [-0.3, -0.25) is 9.59 Å². The molecule has 0 saturated heterocycles. The predicted octanol–water partition coefficient (Wildman–Crippen LogP) is 4.89. The summed E-state index contributed by atoms with van der Waals surface area (Å²) < 4.78 is 75.5. The number of nitrogens with zero attached hydrogens (tertiary/aromatic N) is 1. The maximum atomic E-state index is 12.9. The highest BCUT2D eigenvalue weighted by Gasteiger charge is 2.38. The molecule has 2 amide bonds. The van der Waals surface area contributed by atoms with Gasteiger partial charge in [-0.1, -0.05) is 6.07 Å². The minimum Gasteiger partial charge on any atom is -0.497 e. The minimum atomic E-state index is -5.08. The third kappa shape index (κ3) is 8.68. The standard InChI is InChI=1S/C19H15F3N4O3S.C2HF3O2/c1-29-14-6-10(5-13(8-14)25-17(28)15-9-30-18(23)26-15)16(27)24-12-4-2-3-11(7-12)19(20,21)22;3-2(4,5)1(6)7/h2-9H,1H3,(H2,23,26)(H,24,27)(H,25,28);(H,6,7). The molecular weight excluding hydrogens is 534 g/mol. The Bertz CT molecular complexity index is 1290. The summed E-state index contributed by atoms with van der Waals surface area (Å²) >= 11 is 1.10. The number of nitrogen functional groups attached to an aromatic ring is 1. The molecule has 0 aliphatic heterocycles. The van der Waals surface area contributed by atoms with Gasteiger partial charge in [0.15, 0.2) is 5.13 Å². The number of nitrogens with one attached hydrogen (secondary N) is 2. The first-order chi connectivity index (χ1) is 17.1. The number of methoxy groups -OCH3 is 1. The van der Waals surface area contributed by atoms with Crippen LogP contribution in [0.5, 0.6) is 5.75 Å². The molecule has 5 N–H and O–H groups in total. The Hall–Kier alpha value is -4.34. The van der Waals surface area contributed by atoms with Gasteiger partial charge >= 0.3 is 18.3 Å². The molecule has 9 nitrogen and oxygen atoms in total. The minimum absolute atomic E-state index is 0.0267. The number of carbonyl (C=O) groups is 3. The Morgan fingerprint density at radius 1 is 0.973 bits per heavy atom. The van der Waals surface area contributed by atoms with E-state index in [4.69, 9.17) is 20.4 Å². The van der Waals surface area contributed by atoms with Crippen molar-refractivity contribution in [2.75, 3.05) is 23.5 Å². The van der Waals surface area contributed by atoms with E-state index in [0.29, 0.717) is 0 Å². The van der Waals surface area contributed by atoms with E-state index in [-0.39, 0.29) is 33.5 Å². The number of rotatable bonds is 5. The zero-order valence-corrected chi connectivity index (χ0v) is 19.2. The van der Waals surface area contributed by atoms with Crippen molar-refractivity contribution in [3.63, 3.8) is 0 Å². The molecule has 2 aromatic carbocycles. The molecule has 0 aliphatic rings. The fraction of sp³-hybridized carbons (Fsp3) is 0.143. The Morgan fingerprint density at radius 2 is 1.59 bits per heavy atom. The number of ether oxygens (including phenoxy) is 1. The van der Waals surface area contributed by atoms with Crippen LogP contribution in [0.3, 0.4) is 0 Å². The highest BCUT2D eigenvalue weighted by molar-refractivity contribution is 7.13. The number of carboxylic acids is 1. The molecule has 0 atom stereocenters. The molecular formula is C21H16F6N4O5S. The van der Waals surface area contributed by atoms with Crippen LogP contribution < -0.4 is 21.1 Å². The van der Waals surface area contributed by atoms with Crippen LogP contribution in [0.2, 0.25) is 0 Å². The van der Waals surface area contributed by atoms with Gasteiger partial charge in [-0.05, 0) is 30.3 Å². The van der Waals surface area contributed by atoms with Gasteiger partial charge in [0.05, 0.1) is 12.7 Å². The zero-order chi connectivity index (χ0) is 28.0. The number of carbonyl (C=O) groups excluding carboxylic acids is 2. The normalized spacial score (nSPS) is 11.1. The number of aliphatic carboxylic acids is 1. The van der Waals surface area contributed by atoms with E-state index in [1.807, 2.05) is 0 Å². The molecule has 1 heterocycles. The summed E-state index contributed by atoms with van der Waals surface area (Å²) in [5.74, 6) is -3.71. The number of thiazole rings is 1. The Kier molecular flexibility index (Phi) is 9.06. The van der Waals surface area contributed by atoms with Crippen LogP contribution >= 0.6 is 11.3 Å². The SMILES string of the molecule is COc1cc(NC(=O)c2csc(N)n2)cc(C(=O)Nc2cccc(C(F)(F)F)c2)c1.O=C(O)C(F)(F)F. The van der Waals surface area contributed by atoms with E-state index in [9.17, 15) is 35.9 Å². The van der Waals surface area contributed by atoms with Crippen molar-refractivity contribution >= 4 is 45.6 Å². The quantitative estimate of drug-likeness (QED) is 0.331. The van der Waals surface area contributed by atoms with Crippen LogP contribution in [-0.2, 0) is 11.0 Å². The van der Waals surface area contributed by atoms with Crippen molar-refractivity contribution in [2.24, 2.45) is 0 Å². The average Bonchev–Trinajstić information content (AvgIpc) is 3.24. The maximum Gasteiger partial charge on any atom is 0.490 e. The second-order valence-corrected chi connectivity index (χ2v) is 7.70. The molecule has 1 aromatic heterocycles. The highest BCUT2D eigenvalue weighted by Crippen LogP contribution is 2.31. The molecule has 0 radical (unpaired) electrons. The van der Waals surface area contributed by atoms with E-state index < -0.39 is 35.7 Å². The number of amides is 2. The lowest BCUT2D eigenvalue weighted by atomic mass is 10.1. The molecule has 198 valence electrons. The monoisotopic (exact) mass is 550 g/mol. The fourth-order valence-corrected chi connectivity index (χ4v) is 3.03. The number of hydrogen-bond acceptors (Lipinski definition) is 7. The van der Waals surface area contributed by atoms with Crippen LogP contribution in [0.4, 0.5) is 42.8 Å². The van der Waals surface area contributed by atoms with Gasteiger partial charge in [0.25, 0.3) is 11.8 Å². The third-order valence-corrected chi connectivity index (χ3v) is 4.78. The summed E-state index contributed by atoms with van der Waals surface area (Å²) in [7, 11) is 1.37. The lowest BCUT2D eigenvalue weighted by Gasteiger charge is -2.12. The second kappa shape index (κ2) is 11.6. The summed E-state index contributed by atoms with van der Waals surface area (Å²) in [6.45, 7) is 0. The van der Waals surface area contributed by atoms with Crippen molar-refractivity contribution in [1.29, 1.82) is 0 Å². The molecule has 0 aliphatic carbocycles. The van der Waals surface area contributed by atoms with Crippen molar-refractivity contribution in [3.8, 4) is 5.75 Å². The molecule has 0 fully saturated rings. The number of aromatic nitrogens is 1. The first-order valence-corrected chi connectivity index (χ1v) is 10.5. The number of anilines is 3. The molecule has 0 bridgehead atoms. The third-order valence-electron chi connectivity index (χ3n) is 4.11. The van der Waals surface area contributed by atoms with Gasteiger partial charge in [-0.15, -0.1) is 11.3 Å². The maximum absolute atomic E-state index is 12.9. The number of halogens is 6.